The fourth-order valence-corrected chi connectivity index (χ4v) is 3.84. The van der Waals surface area contributed by atoms with Gasteiger partial charge in [-0.2, -0.15) is 0 Å². The molecule has 1 N–H and O–H groups in total. The summed E-state index contributed by atoms with van der Waals surface area (Å²) >= 11 is 7.31. The van der Waals surface area contributed by atoms with Gasteiger partial charge in [-0.3, -0.25) is 4.79 Å². The van der Waals surface area contributed by atoms with Gasteiger partial charge in [0, 0.05) is 43.4 Å². The van der Waals surface area contributed by atoms with E-state index >= 15 is 0 Å². The minimum Gasteiger partial charge on any atom is -0.385 e. The Morgan fingerprint density at radius 3 is 2.96 bits per heavy atom. The van der Waals surface area contributed by atoms with Crippen molar-refractivity contribution in [3.8, 4) is 0 Å². The molecule has 3 aromatic heterocycles. The van der Waals surface area contributed by atoms with Crippen molar-refractivity contribution in [2.45, 2.75) is 32.0 Å². The lowest BCUT2D eigenvalue weighted by Gasteiger charge is -2.09. The molecule has 3 rings (SSSR count). The van der Waals surface area contributed by atoms with Gasteiger partial charge in [0.1, 0.15) is 0 Å². The highest BCUT2D eigenvalue weighted by molar-refractivity contribution is 7.99. The van der Waals surface area contributed by atoms with Crippen LogP contribution in [0.3, 0.4) is 0 Å². The number of carbonyl (C=O) groups is 1. The Morgan fingerprint density at radius 1 is 1.38 bits per heavy atom. The molecule has 3 aromatic rings. The van der Waals surface area contributed by atoms with E-state index in [0.717, 1.165) is 35.4 Å². The minimum atomic E-state index is 0.0903. The number of aryl methyl sites for hydroxylation is 1. The van der Waals surface area contributed by atoms with Crippen molar-refractivity contribution in [2.75, 3.05) is 19.5 Å². The standard InChI is InChI=1S/C18H21ClN4O2S/c1-11-7-14(12(2)23(11)5-4-6-25-3)16(24)10-26-18-21-15-8-13(19)9-20-17(15)22-18/h7-9H,4-6,10H2,1-3H3,(H,20,21,22). The number of Topliss-reactive ketones (excluding diaryl/α,β-unsaturated/α-hetero) is 1. The third-order valence-corrected chi connectivity index (χ3v) is 5.31. The molecule has 0 spiro atoms. The van der Waals surface area contributed by atoms with E-state index in [9.17, 15) is 4.79 Å². The number of pyridine rings is 1. The van der Waals surface area contributed by atoms with Crippen LogP contribution >= 0.6 is 23.4 Å². The van der Waals surface area contributed by atoms with E-state index in [2.05, 4.69) is 19.5 Å². The topological polar surface area (TPSA) is 72.8 Å². The molecular formula is C18H21ClN4O2S. The lowest BCUT2D eigenvalue weighted by Crippen LogP contribution is -2.08. The number of H-pyrrole nitrogens is 1. The van der Waals surface area contributed by atoms with Gasteiger partial charge >= 0.3 is 0 Å². The molecule has 0 bridgehead atoms. The largest absolute Gasteiger partial charge is 0.385 e. The monoisotopic (exact) mass is 392 g/mol. The van der Waals surface area contributed by atoms with Crippen LogP contribution in [-0.4, -0.2) is 44.8 Å². The lowest BCUT2D eigenvalue weighted by molar-refractivity contribution is 0.102. The summed E-state index contributed by atoms with van der Waals surface area (Å²) < 4.78 is 7.28. The number of ketones is 1. The number of thioether (sulfide) groups is 1. The van der Waals surface area contributed by atoms with Crippen molar-refractivity contribution in [3.63, 3.8) is 0 Å². The first kappa shape index (κ1) is 18.9. The number of nitrogens with zero attached hydrogens (tertiary/aromatic N) is 3. The molecule has 0 aliphatic carbocycles. The van der Waals surface area contributed by atoms with Gasteiger partial charge in [0.25, 0.3) is 0 Å². The number of aromatic nitrogens is 4. The molecule has 0 unspecified atom stereocenters. The smallest absolute Gasteiger partial charge is 0.178 e. The van der Waals surface area contributed by atoms with Gasteiger partial charge in [-0.1, -0.05) is 23.4 Å². The van der Waals surface area contributed by atoms with Gasteiger partial charge in [-0.05, 0) is 32.4 Å². The van der Waals surface area contributed by atoms with Crippen molar-refractivity contribution in [2.24, 2.45) is 0 Å². The molecule has 0 aliphatic heterocycles. The Labute approximate surface area is 161 Å². The van der Waals surface area contributed by atoms with E-state index in [1.807, 2.05) is 19.9 Å². The second-order valence-electron chi connectivity index (χ2n) is 6.06. The third-order valence-electron chi connectivity index (χ3n) is 4.23. The second-order valence-corrected chi connectivity index (χ2v) is 7.46. The second kappa shape index (κ2) is 8.24. The van der Waals surface area contributed by atoms with Crippen LogP contribution in [0, 0.1) is 13.8 Å². The molecule has 0 amide bonds. The maximum absolute atomic E-state index is 12.7. The minimum absolute atomic E-state index is 0.0903. The van der Waals surface area contributed by atoms with Gasteiger partial charge in [0.05, 0.1) is 16.3 Å². The number of fused-ring (bicyclic) bond motifs is 1. The van der Waals surface area contributed by atoms with Crippen molar-refractivity contribution in [3.05, 3.63) is 40.3 Å². The SMILES string of the molecule is COCCCn1c(C)cc(C(=O)CSc2nc3ncc(Cl)cc3[nH]2)c1C. The van der Waals surface area contributed by atoms with Crippen LogP contribution in [-0.2, 0) is 11.3 Å². The van der Waals surface area contributed by atoms with E-state index in [0.29, 0.717) is 28.2 Å². The molecule has 8 heteroatoms. The number of nitrogens with one attached hydrogen (secondary N) is 1. The molecule has 0 fully saturated rings. The fraction of sp³-hybridized carbons (Fsp3) is 0.389. The van der Waals surface area contributed by atoms with Gasteiger partial charge < -0.3 is 14.3 Å². The van der Waals surface area contributed by atoms with E-state index in [-0.39, 0.29) is 5.78 Å². The average Bonchev–Trinajstić information content (AvgIpc) is 3.14. The predicted molar refractivity (Wildman–Crippen MR) is 104 cm³/mol. The molecule has 0 atom stereocenters. The number of aromatic amines is 1. The first-order valence-corrected chi connectivity index (χ1v) is 9.69. The molecule has 0 saturated carbocycles. The summed E-state index contributed by atoms with van der Waals surface area (Å²) in [6, 6.07) is 3.74. The van der Waals surface area contributed by atoms with Crippen LogP contribution in [0.4, 0.5) is 0 Å². The Kier molecular flexibility index (Phi) is 6.01. The zero-order chi connectivity index (χ0) is 18.7. The number of hydrogen-bond acceptors (Lipinski definition) is 5. The van der Waals surface area contributed by atoms with Crippen molar-refractivity contribution in [1.82, 2.24) is 19.5 Å². The van der Waals surface area contributed by atoms with E-state index in [1.54, 1.807) is 19.4 Å². The first-order valence-electron chi connectivity index (χ1n) is 8.32. The Hall–Kier alpha value is -1.83. The number of ether oxygens (including phenoxy) is 1. The number of imidazole rings is 1. The molecule has 26 heavy (non-hydrogen) atoms. The number of halogens is 1. The Morgan fingerprint density at radius 2 is 2.19 bits per heavy atom. The first-order chi connectivity index (χ1) is 12.5. The molecule has 0 aliphatic rings. The summed E-state index contributed by atoms with van der Waals surface area (Å²) in [4.78, 5) is 24.4. The molecule has 6 nitrogen and oxygen atoms in total. The molecule has 0 radical (unpaired) electrons. The van der Waals surface area contributed by atoms with E-state index in [4.69, 9.17) is 16.3 Å². The third kappa shape index (κ3) is 4.11. The highest BCUT2D eigenvalue weighted by Crippen LogP contribution is 2.23. The van der Waals surface area contributed by atoms with E-state index in [1.165, 1.54) is 11.8 Å². The highest BCUT2D eigenvalue weighted by Gasteiger charge is 2.16. The van der Waals surface area contributed by atoms with Crippen LogP contribution in [0.5, 0.6) is 0 Å². The molecule has 0 saturated heterocycles. The van der Waals surface area contributed by atoms with Crippen LogP contribution < -0.4 is 0 Å². The van der Waals surface area contributed by atoms with Crippen molar-refractivity contribution in [1.29, 1.82) is 0 Å². The number of hydrogen-bond donors (Lipinski definition) is 1. The quantitative estimate of drug-likeness (QED) is 0.356. The average molecular weight is 393 g/mol. The lowest BCUT2D eigenvalue weighted by atomic mass is 10.2. The summed E-state index contributed by atoms with van der Waals surface area (Å²) in [5, 5.41) is 1.21. The number of methoxy groups -OCH3 is 1. The van der Waals surface area contributed by atoms with Crippen LogP contribution in [0.1, 0.15) is 28.2 Å². The normalized spacial score (nSPS) is 11.4. The number of rotatable bonds is 8. The summed E-state index contributed by atoms with van der Waals surface area (Å²) in [5.74, 6) is 0.406. The molecule has 3 heterocycles. The van der Waals surface area contributed by atoms with Crippen molar-refractivity contribution >= 4 is 40.3 Å². The number of carbonyl (C=O) groups excluding carboxylic acids is 1. The Bertz CT molecular complexity index is 935. The van der Waals surface area contributed by atoms with Crippen LogP contribution in [0.15, 0.2) is 23.5 Å². The summed E-state index contributed by atoms with van der Waals surface area (Å²) in [6.45, 7) is 5.57. The maximum Gasteiger partial charge on any atom is 0.178 e. The zero-order valence-electron chi connectivity index (χ0n) is 15.0. The zero-order valence-corrected chi connectivity index (χ0v) is 16.6. The van der Waals surface area contributed by atoms with Crippen molar-refractivity contribution < 1.29 is 9.53 Å². The maximum atomic E-state index is 12.7. The van der Waals surface area contributed by atoms with E-state index < -0.39 is 0 Å². The summed E-state index contributed by atoms with van der Waals surface area (Å²) in [6.07, 6.45) is 2.48. The molecular weight excluding hydrogens is 372 g/mol. The van der Waals surface area contributed by atoms with Crippen LogP contribution in [0.25, 0.3) is 11.2 Å². The van der Waals surface area contributed by atoms with Gasteiger partial charge in [0.15, 0.2) is 16.6 Å². The molecule has 0 aromatic carbocycles. The van der Waals surface area contributed by atoms with Crippen LogP contribution in [0.2, 0.25) is 5.02 Å². The molecule has 138 valence electrons. The van der Waals surface area contributed by atoms with Gasteiger partial charge in [0.2, 0.25) is 0 Å². The summed E-state index contributed by atoms with van der Waals surface area (Å²) in [7, 11) is 1.70. The van der Waals surface area contributed by atoms with Gasteiger partial charge in [-0.25, -0.2) is 9.97 Å². The summed E-state index contributed by atoms with van der Waals surface area (Å²) in [5.41, 5.74) is 4.23. The predicted octanol–water partition coefficient (Wildman–Crippen LogP) is 4.04. The van der Waals surface area contributed by atoms with Gasteiger partial charge in [-0.15, -0.1) is 0 Å². The fourth-order valence-electron chi connectivity index (χ4n) is 2.93. The Balaban J connectivity index is 1.68. The highest BCUT2D eigenvalue weighted by atomic mass is 35.5.